The number of primary sulfonamides is 1. The lowest BCUT2D eigenvalue weighted by Crippen LogP contribution is -2.18. The Morgan fingerprint density at radius 1 is 0.567 bits per heavy atom. The van der Waals surface area contributed by atoms with Crippen LogP contribution in [-0.4, -0.2) is 8.42 Å². The second-order valence-corrected chi connectivity index (χ2v) is 9.82. The van der Waals surface area contributed by atoms with E-state index < -0.39 is 10.0 Å². The molecule has 0 aromatic heterocycles. The van der Waals surface area contributed by atoms with E-state index >= 15 is 0 Å². The van der Waals surface area contributed by atoms with E-state index in [0.29, 0.717) is 0 Å². The molecule has 0 unspecified atom stereocenters. The molecule has 30 heavy (non-hydrogen) atoms. The van der Waals surface area contributed by atoms with E-state index in [2.05, 4.69) is 48.5 Å². The van der Waals surface area contributed by atoms with Crippen LogP contribution in [0.4, 0.5) is 0 Å². The quantitative estimate of drug-likeness (QED) is 0.478. The molecular weight excluding hydrogens is 390 g/mol. The van der Waals surface area contributed by atoms with Crippen molar-refractivity contribution in [2.24, 2.45) is 5.14 Å². The van der Waals surface area contributed by atoms with Gasteiger partial charge in [-0.2, -0.15) is 0 Å². The minimum atomic E-state index is -3.83. The molecule has 2 aliphatic rings. The summed E-state index contributed by atoms with van der Waals surface area (Å²) in [7, 11) is -3.83. The molecule has 3 nitrogen and oxygen atoms in total. The van der Waals surface area contributed by atoms with Crippen molar-refractivity contribution in [2.45, 2.75) is 30.6 Å². The third-order valence-electron chi connectivity index (χ3n) is 6.64. The van der Waals surface area contributed by atoms with Crippen molar-refractivity contribution in [2.75, 3.05) is 0 Å². The number of hydrogen-bond acceptors (Lipinski definition) is 2. The van der Waals surface area contributed by atoms with Gasteiger partial charge in [0.2, 0.25) is 10.0 Å². The summed E-state index contributed by atoms with van der Waals surface area (Å²) in [6.45, 7) is 0. The van der Waals surface area contributed by atoms with Crippen LogP contribution in [0.2, 0.25) is 0 Å². The van der Waals surface area contributed by atoms with Gasteiger partial charge in [0.25, 0.3) is 0 Å². The Labute approximate surface area is 176 Å². The number of hydrogen-bond donors (Lipinski definition) is 1. The van der Waals surface area contributed by atoms with Crippen LogP contribution in [0, 0.1) is 0 Å². The minimum absolute atomic E-state index is 0.238. The van der Waals surface area contributed by atoms with Gasteiger partial charge in [0.05, 0.1) is 4.90 Å². The number of nitrogens with two attached hydrogens (primary N) is 1. The van der Waals surface area contributed by atoms with Crippen molar-refractivity contribution in [3.8, 4) is 22.3 Å². The molecule has 2 N–H and O–H groups in total. The fourth-order valence-corrected chi connectivity index (χ4v) is 6.13. The van der Waals surface area contributed by atoms with E-state index in [-0.39, 0.29) is 4.90 Å². The number of aryl methyl sites for hydroxylation is 4. The molecule has 0 atom stereocenters. The van der Waals surface area contributed by atoms with Gasteiger partial charge in [-0.25, -0.2) is 13.6 Å². The van der Waals surface area contributed by atoms with E-state index in [1.807, 2.05) is 12.1 Å². The fourth-order valence-electron chi connectivity index (χ4n) is 5.34. The van der Waals surface area contributed by atoms with Gasteiger partial charge in [0.1, 0.15) is 0 Å². The lowest BCUT2D eigenvalue weighted by Gasteiger charge is -2.30. The third-order valence-corrected chi connectivity index (χ3v) is 7.59. The molecule has 0 saturated carbocycles. The summed E-state index contributed by atoms with van der Waals surface area (Å²) in [6, 6.07) is 22.8. The van der Waals surface area contributed by atoms with Gasteiger partial charge < -0.3 is 0 Å². The van der Waals surface area contributed by atoms with Crippen molar-refractivity contribution < 1.29 is 8.42 Å². The molecular formula is C26H21NO2S. The van der Waals surface area contributed by atoms with E-state index in [1.165, 1.54) is 38.6 Å². The van der Waals surface area contributed by atoms with Gasteiger partial charge in [-0.1, -0.05) is 60.7 Å². The largest absolute Gasteiger partial charge is 0.238 e. The van der Waals surface area contributed by atoms with Gasteiger partial charge in [-0.05, 0) is 81.5 Å². The van der Waals surface area contributed by atoms with Gasteiger partial charge in [-0.15, -0.1) is 0 Å². The Bertz CT molecular complexity index is 1470. The molecule has 2 aliphatic carbocycles. The second-order valence-electron chi connectivity index (χ2n) is 8.29. The van der Waals surface area contributed by atoms with Crippen LogP contribution in [-0.2, 0) is 35.7 Å². The van der Waals surface area contributed by atoms with Gasteiger partial charge in [0.15, 0.2) is 0 Å². The summed E-state index contributed by atoms with van der Waals surface area (Å²) in [4.78, 5) is 0.238. The highest BCUT2D eigenvalue weighted by atomic mass is 32.2. The van der Waals surface area contributed by atoms with E-state index in [4.69, 9.17) is 5.14 Å². The molecule has 0 fully saturated rings. The van der Waals surface area contributed by atoms with Crippen LogP contribution in [0.25, 0.3) is 33.0 Å². The first kappa shape index (κ1) is 17.9. The van der Waals surface area contributed by atoms with Crippen molar-refractivity contribution in [1.29, 1.82) is 0 Å². The van der Waals surface area contributed by atoms with Gasteiger partial charge in [-0.3, -0.25) is 0 Å². The highest BCUT2D eigenvalue weighted by Gasteiger charge is 2.30. The molecule has 0 amide bonds. The molecule has 4 aromatic rings. The molecule has 0 spiro atoms. The predicted octanol–water partition coefficient (Wildman–Crippen LogP) is 5.02. The highest BCUT2D eigenvalue weighted by molar-refractivity contribution is 7.89. The number of benzene rings is 4. The smallest absolute Gasteiger partial charge is 0.225 e. The maximum absolute atomic E-state index is 12.5. The minimum Gasteiger partial charge on any atom is -0.225 e. The summed E-state index contributed by atoms with van der Waals surface area (Å²) in [5.41, 5.74) is 9.21. The van der Waals surface area contributed by atoms with Crippen LogP contribution in [0.15, 0.2) is 71.6 Å². The zero-order chi connectivity index (χ0) is 20.5. The summed E-state index contributed by atoms with van der Waals surface area (Å²) < 4.78 is 25.0. The van der Waals surface area contributed by atoms with E-state index in [1.54, 1.807) is 6.07 Å². The lowest BCUT2D eigenvalue weighted by molar-refractivity contribution is 0.598. The highest BCUT2D eigenvalue weighted by Crippen LogP contribution is 2.49. The Morgan fingerprint density at radius 3 is 1.83 bits per heavy atom. The Balaban J connectivity index is 1.79. The Hall–Kier alpha value is -2.95. The zero-order valence-corrected chi connectivity index (χ0v) is 17.3. The standard InChI is InChI=1S/C26H21NO2S/c27-30(28,29)22-7-3-5-17-10-12-20-15-14-19-13-11-18-9-8-16-4-1-2-6-21(16)23(18)25(19)26(20)24(17)22/h1-9,14-15H,10-13H2,(H2,27,28,29). The third kappa shape index (κ3) is 2.51. The van der Waals surface area contributed by atoms with Crippen molar-refractivity contribution in [3.63, 3.8) is 0 Å². The van der Waals surface area contributed by atoms with Crippen LogP contribution in [0.5, 0.6) is 0 Å². The molecule has 4 aromatic carbocycles. The van der Waals surface area contributed by atoms with Crippen molar-refractivity contribution in [1.82, 2.24) is 0 Å². The van der Waals surface area contributed by atoms with E-state index in [9.17, 15) is 8.42 Å². The fraction of sp³-hybridized carbons (Fsp3) is 0.154. The predicted molar refractivity (Wildman–Crippen MR) is 121 cm³/mol. The summed E-state index contributed by atoms with van der Waals surface area (Å²) in [5.74, 6) is 0. The summed E-state index contributed by atoms with van der Waals surface area (Å²) in [6.07, 6.45) is 3.69. The maximum atomic E-state index is 12.5. The molecule has 6 rings (SSSR count). The first-order valence-corrected chi connectivity index (χ1v) is 11.9. The van der Waals surface area contributed by atoms with Crippen LogP contribution >= 0.6 is 0 Å². The molecule has 148 valence electrons. The summed E-state index contributed by atoms with van der Waals surface area (Å²) >= 11 is 0. The molecule has 0 bridgehead atoms. The Morgan fingerprint density at radius 2 is 1.13 bits per heavy atom. The Kier molecular flexibility index (Phi) is 3.74. The normalized spacial score (nSPS) is 14.6. The monoisotopic (exact) mass is 411 g/mol. The molecule has 4 heteroatoms. The van der Waals surface area contributed by atoms with Crippen LogP contribution in [0.3, 0.4) is 0 Å². The van der Waals surface area contributed by atoms with Gasteiger partial charge >= 0.3 is 0 Å². The molecule has 0 aliphatic heterocycles. The van der Waals surface area contributed by atoms with E-state index in [0.717, 1.165) is 42.4 Å². The van der Waals surface area contributed by atoms with Crippen molar-refractivity contribution in [3.05, 3.63) is 89.0 Å². The molecule has 0 saturated heterocycles. The van der Waals surface area contributed by atoms with Crippen molar-refractivity contribution >= 4 is 20.8 Å². The van der Waals surface area contributed by atoms with Gasteiger partial charge in [0, 0.05) is 5.56 Å². The molecule has 0 heterocycles. The van der Waals surface area contributed by atoms with Crippen LogP contribution in [0.1, 0.15) is 22.3 Å². The molecule has 0 radical (unpaired) electrons. The SMILES string of the molecule is NS(=O)(=O)c1cccc2c1-c1c(ccc3c1-c1c(ccc4ccccc14)CC3)CC2. The average molecular weight is 412 g/mol. The lowest BCUT2D eigenvalue weighted by atomic mass is 9.74. The second kappa shape index (κ2) is 6.27. The first-order chi connectivity index (χ1) is 14.5. The first-order valence-electron chi connectivity index (χ1n) is 10.3. The maximum Gasteiger partial charge on any atom is 0.238 e. The zero-order valence-electron chi connectivity index (χ0n) is 16.5. The number of sulfonamides is 1. The average Bonchev–Trinajstić information content (AvgIpc) is 2.76. The number of fused-ring (bicyclic) bond motifs is 9. The van der Waals surface area contributed by atoms with Crippen LogP contribution < -0.4 is 5.14 Å². The summed E-state index contributed by atoms with van der Waals surface area (Å²) in [5, 5.41) is 8.10. The number of rotatable bonds is 1. The topological polar surface area (TPSA) is 60.2 Å².